The van der Waals surface area contributed by atoms with Crippen LogP contribution in [0, 0.1) is 5.92 Å². The first-order valence-corrected chi connectivity index (χ1v) is 12.1. The van der Waals surface area contributed by atoms with Crippen LogP contribution in [0.4, 0.5) is 11.5 Å². The van der Waals surface area contributed by atoms with Gasteiger partial charge in [0.25, 0.3) is 0 Å². The van der Waals surface area contributed by atoms with Crippen LogP contribution >= 0.6 is 0 Å². The van der Waals surface area contributed by atoms with Gasteiger partial charge >= 0.3 is 0 Å². The molecular weight excluding hydrogens is 416 g/mol. The normalized spacial score (nSPS) is 18.6. The standard InChI is InChI=1S/C25H32N6O2/c1-3-33-20-12-7-6-11-19(20)29(2)25(32)18-10-9-14-30(16-18)23-22-24(27-17-26-23)31-15-8-4-5-13-21(31)28-22/h6-7,11-12,17-18H,3-5,8-10,13-16H2,1-2H3/t18-/m1/s1. The number of aryl methyl sites for hydroxylation is 2. The Hall–Kier alpha value is -3.16. The zero-order valence-corrected chi connectivity index (χ0v) is 19.5. The van der Waals surface area contributed by atoms with E-state index in [2.05, 4.69) is 19.4 Å². The lowest BCUT2D eigenvalue weighted by atomic mass is 9.96. The number of fused-ring (bicyclic) bond motifs is 3. The molecular formula is C25H32N6O2. The van der Waals surface area contributed by atoms with Crippen molar-refractivity contribution < 1.29 is 9.53 Å². The summed E-state index contributed by atoms with van der Waals surface area (Å²) in [7, 11) is 1.84. The molecule has 2 aliphatic rings. The van der Waals surface area contributed by atoms with E-state index >= 15 is 0 Å². The number of piperidine rings is 1. The fourth-order valence-corrected chi connectivity index (χ4v) is 5.13. The van der Waals surface area contributed by atoms with Gasteiger partial charge in [-0.15, -0.1) is 0 Å². The molecule has 174 valence electrons. The van der Waals surface area contributed by atoms with Crippen molar-refractivity contribution in [1.82, 2.24) is 19.5 Å². The van der Waals surface area contributed by atoms with Gasteiger partial charge in [-0.2, -0.15) is 0 Å². The van der Waals surface area contributed by atoms with E-state index in [4.69, 9.17) is 9.72 Å². The molecule has 33 heavy (non-hydrogen) atoms. The van der Waals surface area contributed by atoms with Gasteiger partial charge < -0.3 is 19.1 Å². The van der Waals surface area contributed by atoms with Crippen LogP contribution in [0.15, 0.2) is 30.6 Å². The Morgan fingerprint density at radius 2 is 2.03 bits per heavy atom. The molecule has 1 saturated heterocycles. The fourth-order valence-electron chi connectivity index (χ4n) is 5.13. The molecule has 1 aromatic carbocycles. The SMILES string of the molecule is CCOc1ccccc1N(C)C(=O)[C@@H]1CCCN(c2ncnc3c2nc2n3CCCCC2)C1. The quantitative estimate of drug-likeness (QED) is 0.590. The number of ether oxygens (including phenoxy) is 1. The molecule has 0 N–H and O–H groups in total. The summed E-state index contributed by atoms with van der Waals surface area (Å²) in [6, 6.07) is 7.73. The van der Waals surface area contributed by atoms with Crippen molar-refractivity contribution in [2.24, 2.45) is 5.92 Å². The van der Waals surface area contributed by atoms with Crippen LogP contribution in [0.2, 0.25) is 0 Å². The molecule has 0 radical (unpaired) electrons. The van der Waals surface area contributed by atoms with Crippen LogP contribution in [-0.4, -0.2) is 52.2 Å². The van der Waals surface area contributed by atoms with E-state index in [-0.39, 0.29) is 11.8 Å². The van der Waals surface area contributed by atoms with E-state index in [0.717, 1.165) is 73.0 Å². The van der Waals surface area contributed by atoms with Gasteiger partial charge in [-0.05, 0) is 44.7 Å². The van der Waals surface area contributed by atoms with Crippen LogP contribution < -0.4 is 14.5 Å². The Labute approximate surface area is 194 Å². The Morgan fingerprint density at radius 1 is 1.15 bits per heavy atom. The molecule has 8 nitrogen and oxygen atoms in total. The van der Waals surface area contributed by atoms with Crippen molar-refractivity contribution in [3.05, 3.63) is 36.4 Å². The first-order chi connectivity index (χ1) is 16.2. The minimum absolute atomic E-state index is 0.108. The topological polar surface area (TPSA) is 76.4 Å². The summed E-state index contributed by atoms with van der Waals surface area (Å²) >= 11 is 0. The molecule has 2 aliphatic heterocycles. The number of carbonyl (C=O) groups excluding carboxylic acids is 1. The minimum atomic E-state index is -0.108. The number of aromatic nitrogens is 4. The van der Waals surface area contributed by atoms with Gasteiger partial charge in [-0.3, -0.25) is 4.79 Å². The van der Waals surface area contributed by atoms with Gasteiger partial charge in [0.15, 0.2) is 17.0 Å². The highest BCUT2D eigenvalue weighted by molar-refractivity contribution is 5.96. The number of imidazole rings is 1. The molecule has 1 amide bonds. The number of rotatable bonds is 5. The number of nitrogens with zero attached hydrogens (tertiary/aromatic N) is 6. The lowest BCUT2D eigenvalue weighted by molar-refractivity contribution is -0.122. The summed E-state index contributed by atoms with van der Waals surface area (Å²) in [5, 5.41) is 0. The molecule has 0 saturated carbocycles. The van der Waals surface area contributed by atoms with Gasteiger partial charge in [0.2, 0.25) is 5.91 Å². The fraction of sp³-hybridized carbons (Fsp3) is 0.520. The van der Waals surface area contributed by atoms with Crippen molar-refractivity contribution in [2.75, 3.05) is 36.5 Å². The van der Waals surface area contributed by atoms with Crippen molar-refractivity contribution >= 4 is 28.6 Å². The molecule has 1 atom stereocenters. The molecule has 8 heteroatoms. The van der Waals surface area contributed by atoms with Crippen LogP contribution in [0.5, 0.6) is 5.75 Å². The van der Waals surface area contributed by atoms with E-state index in [0.29, 0.717) is 13.2 Å². The first kappa shape index (κ1) is 21.7. The zero-order chi connectivity index (χ0) is 22.8. The molecule has 0 spiro atoms. The molecule has 0 unspecified atom stereocenters. The zero-order valence-electron chi connectivity index (χ0n) is 19.5. The van der Waals surface area contributed by atoms with Crippen molar-refractivity contribution in [2.45, 2.75) is 52.0 Å². The Morgan fingerprint density at radius 3 is 2.91 bits per heavy atom. The number of hydrogen-bond acceptors (Lipinski definition) is 6. The summed E-state index contributed by atoms with van der Waals surface area (Å²) in [5.74, 6) is 2.71. The van der Waals surface area contributed by atoms with Crippen LogP contribution in [-0.2, 0) is 17.8 Å². The Kier molecular flexibility index (Phi) is 6.15. The second-order valence-corrected chi connectivity index (χ2v) is 8.94. The molecule has 5 rings (SSSR count). The molecule has 2 aromatic heterocycles. The highest BCUT2D eigenvalue weighted by atomic mass is 16.5. The van der Waals surface area contributed by atoms with Gasteiger partial charge in [-0.25, -0.2) is 15.0 Å². The van der Waals surface area contributed by atoms with Crippen molar-refractivity contribution in [1.29, 1.82) is 0 Å². The highest BCUT2D eigenvalue weighted by Gasteiger charge is 2.31. The maximum absolute atomic E-state index is 13.5. The maximum Gasteiger partial charge on any atom is 0.231 e. The number of amides is 1. The maximum atomic E-state index is 13.5. The van der Waals surface area contributed by atoms with Crippen molar-refractivity contribution in [3.8, 4) is 5.75 Å². The number of carbonyl (C=O) groups is 1. The third-order valence-electron chi connectivity index (χ3n) is 6.80. The number of benzene rings is 1. The second-order valence-electron chi connectivity index (χ2n) is 8.94. The summed E-state index contributed by atoms with van der Waals surface area (Å²) in [6.45, 7) is 4.99. The summed E-state index contributed by atoms with van der Waals surface area (Å²) in [5.41, 5.74) is 2.61. The largest absolute Gasteiger partial charge is 0.492 e. The van der Waals surface area contributed by atoms with E-state index in [1.54, 1.807) is 11.2 Å². The van der Waals surface area contributed by atoms with E-state index in [9.17, 15) is 4.79 Å². The van der Waals surface area contributed by atoms with E-state index in [1.807, 2.05) is 38.2 Å². The summed E-state index contributed by atoms with van der Waals surface area (Å²) < 4.78 is 8.01. The lowest BCUT2D eigenvalue weighted by Crippen LogP contribution is -2.44. The van der Waals surface area contributed by atoms with Gasteiger partial charge in [-0.1, -0.05) is 18.6 Å². The molecule has 4 heterocycles. The predicted octanol–water partition coefficient (Wildman–Crippen LogP) is 3.83. The monoisotopic (exact) mass is 448 g/mol. The average molecular weight is 449 g/mol. The Bertz CT molecular complexity index is 1140. The van der Waals surface area contributed by atoms with Crippen molar-refractivity contribution in [3.63, 3.8) is 0 Å². The van der Waals surface area contributed by atoms with Crippen LogP contribution in [0.1, 0.15) is 44.9 Å². The van der Waals surface area contributed by atoms with E-state index in [1.165, 1.54) is 12.8 Å². The predicted molar refractivity (Wildman–Crippen MR) is 129 cm³/mol. The summed E-state index contributed by atoms with van der Waals surface area (Å²) in [6.07, 6.45) is 8.00. The number of hydrogen-bond donors (Lipinski definition) is 0. The molecule has 0 bridgehead atoms. The first-order valence-electron chi connectivity index (χ1n) is 12.1. The number of anilines is 2. The van der Waals surface area contributed by atoms with Gasteiger partial charge in [0.1, 0.15) is 17.9 Å². The van der Waals surface area contributed by atoms with E-state index < -0.39 is 0 Å². The van der Waals surface area contributed by atoms with Crippen LogP contribution in [0.3, 0.4) is 0 Å². The molecule has 1 fully saturated rings. The molecule has 3 aromatic rings. The Balaban J connectivity index is 1.39. The number of para-hydroxylation sites is 2. The molecule has 0 aliphatic carbocycles. The highest BCUT2D eigenvalue weighted by Crippen LogP contribution is 2.32. The van der Waals surface area contributed by atoms with Gasteiger partial charge in [0, 0.05) is 33.1 Å². The minimum Gasteiger partial charge on any atom is -0.492 e. The second kappa shape index (κ2) is 9.37. The lowest BCUT2D eigenvalue weighted by Gasteiger charge is -2.34. The average Bonchev–Trinajstić information content (AvgIpc) is 3.04. The summed E-state index contributed by atoms with van der Waals surface area (Å²) in [4.78, 5) is 31.6. The van der Waals surface area contributed by atoms with Gasteiger partial charge in [0.05, 0.1) is 18.2 Å². The smallest absolute Gasteiger partial charge is 0.231 e. The third-order valence-corrected chi connectivity index (χ3v) is 6.80. The van der Waals surface area contributed by atoms with Crippen LogP contribution in [0.25, 0.3) is 11.2 Å². The third kappa shape index (κ3) is 4.14.